The van der Waals surface area contributed by atoms with Crippen LogP contribution in [-0.4, -0.2) is 11.0 Å². The average Bonchev–Trinajstić information content (AvgIpc) is 2.01. The third-order valence-electron chi connectivity index (χ3n) is 2.08. The Bertz CT molecular complexity index is 324. The molecule has 0 aromatic heterocycles. The maximum absolute atomic E-state index is 11.1. The van der Waals surface area contributed by atoms with E-state index in [0.29, 0.717) is 0 Å². The van der Waals surface area contributed by atoms with Crippen molar-refractivity contribution in [2.24, 2.45) is 0 Å². The summed E-state index contributed by atoms with van der Waals surface area (Å²) < 4.78 is 0. The van der Waals surface area contributed by atoms with Crippen LogP contribution in [0.15, 0.2) is 23.1 Å². The first-order valence-electron chi connectivity index (χ1n) is 4.74. The summed E-state index contributed by atoms with van der Waals surface area (Å²) in [5.74, 6) is 0.231. The summed E-state index contributed by atoms with van der Waals surface area (Å²) >= 11 is 1.63. The van der Waals surface area contributed by atoms with Crippen LogP contribution in [0.2, 0.25) is 0 Å². The van der Waals surface area contributed by atoms with Gasteiger partial charge in [-0.25, -0.2) is 0 Å². The zero-order valence-electron chi connectivity index (χ0n) is 9.13. The second kappa shape index (κ2) is 4.65. The molecule has 0 amide bonds. The fraction of sp³-hybridized carbons (Fsp3) is 0.417. The second-order valence-electron chi connectivity index (χ2n) is 3.69. The van der Waals surface area contributed by atoms with E-state index in [-0.39, 0.29) is 11.0 Å². The number of carbonyl (C=O) groups excluding carboxylic acids is 1. The van der Waals surface area contributed by atoms with Crippen LogP contribution in [0, 0.1) is 13.8 Å². The molecular weight excluding hydrogens is 192 g/mol. The van der Waals surface area contributed by atoms with Crippen molar-refractivity contribution in [2.75, 3.05) is 0 Å². The molecule has 2 heteroatoms. The van der Waals surface area contributed by atoms with Crippen molar-refractivity contribution in [2.45, 2.75) is 37.8 Å². The van der Waals surface area contributed by atoms with Crippen LogP contribution in [0.5, 0.6) is 0 Å². The average molecular weight is 208 g/mol. The van der Waals surface area contributed by atoms with Gasteiger partial charge in [0.05, 0.1) is 5.25 Å². The Morgan fingerprint density at radius 3 is 2.14 bits per heavy atom. The SMILES string of the molecule is CC(=O)C(C)Sc1cc(C)cc(C)c1. The van der Waals surface area contributed by atoms with Gasteiger partial charge >= 0.3 is 0 Å². The number of benzene rings is 1. The third-order valence-corrected chi connectivity index (χ3v) is 3.27. The summed E-state index contributed by atoms with van der Waals surface area (Å²) in [6.07, 6.45) is 0. The predicted octanol–water partition coefficient (Wildman–Crippen LogP) is 3.37. The molecule has 0 saturated heterocycles. The van der Waals surface area contributed by atoms with Gasteiger partial charge in [0.15, 0.2) is 0 Å². The third kappa shape index (κ3) is 3.18. The monoisotopic (exact) mass is 208 g/mol. The molecule has 1 aromatic carbocycles. The molecule has 76 valence electrons. The Kier molecular flexibility index (Phi) is 3.76. The molecular formula is C12H16OS. The van der Waals surface area contributed by atoms with E-state index in [4.69, 9.17) is 0 Å². The summed E-state index contributed by atoms with van der Waals surface area (Å²) in [6, 6.07) is 6.39. The lowest BCUT2D eigenvalue weighted by molar-refractivity contribution is -0.116. The molecule has 0 N–H and O–H groups in total. The number of carbonyl (C=O) groups is 1. The molecule has 0 aliphatic carbocycles. The first-order valence-corrected chi connectivity index (χ1v) is 5.62. The van der Waals surface area contributed by atoms with Crippen molar-refractivity contribution >= 4 is 17.5 Å². The largest absolute Gasteiger partial charge is 0.299 e. The maximum atomic E-state index is 11.1. The van der Waals surface area contributed by atoms with E-state index in [1.807, 2.05) is 6.92 Å². The minimum Gasteiger partial charge on any atom is -0.299 e. The van der Waals surface area contributed by atoms with Crippen molar-refractivity contribution in [1.29, 1.82) is 0 Å². The van der Waals surface area contributed by atoms with Gasteiger partial charge in [0.1, 0.15) is 5.78 Å². The first kappa shape index (κ1) is 11.3. The number of hydrogen-bond donors (Lipinski definition) is 0. The molecule has 14 heavy (non-hydrogen) atoms. The van der Waals surface area contributed by atoms with Gasteiger partial charge in [-0.1, -0.05) is 6.07 Å². The minimum atomic E-state index is 0.0520. The summed E-state index contributed by atoms with van der Waals surface area (Å²) in [4.78, 5) is 12.3. The molecule has 1 aromatic rings. The molecule has 1 nitrogen and oxygen atoms in total. The number of rotatable bonds is 3. The quantitative estimate of drug-likeness (QED) is 0.708. The Labute approximate surface area is 89.9 Å². The molecule has 0 aliphatic rings. The van der Waals surface area contributed by atoms with Crippen LogP contribution in [0.25, 0.3) is 0 Å². The van der Waals surface area contributed by atoms with Gasteiger partial charge in [-0.3, -0.25) is 4.79 Å². The van der Waals surface area contributed by atoms with E-state index in [1.165, 1.54) is 16.0 Å². The van der Waals surface area contributed by atoms with Crippen LogP contribution < -0.4 is 0 Å². The van der Waals surface area contributed by atoms with Crippen molar-refractivity contribution in [3.8, 4) is 0 Å². The normalized spacial score (nSPS) is 12.6. The molecule has 1 atom stereocenters. The standard InChI is InChI=1S/C12H16OS/c1-8-5-9(2)7-12(6-8)14-11(4)10(3)13/h5-7,11H,1-4H3. The van der Waals surface area contributed by atoms with Crippen LogP contribution in [0.4, 0.5) is 0 Å². The lowest BCUT2D eigenvalue weighted by Gasteiger charge is -2.08. The topological polar surface area (TPSA) is 17.1 Å². The summed E-state index contributed by atoms with van der Waals surface area (Å²) in [5.41, 5.74) is 2.51. The molecule has 1 unspecified atom stereocenters. The van der Waals surface area contributed by atoms with Gasteiger partial charge in [-0.2, -0.15) is 0 Å². The molecule has 0 aliphatic heterocycles. The number of hydrogen-bond acceptors (Lipinski definition) is 2. The Morgan fingerprint density at radius 1 is 1.21 bits per heavy atom. The van der Waals surface area contributed by atoms with Crippen molar-refractivity contribution in [3.05, 3.63) is 29.3 Å². The molecule has 0 spiro atoms. The van der Waals surface area contributed by atoms with E-state index in [0.717, 1.165) is 0 Å². The van der Waals surface area contributed by atoms with Crippen LogP contribution >= 0.6 is 11.8 Å². The second-order valence-corrected chi connectivity index (χ2v) is 5.11. The summed E-state index contributed by atoms with van der Waals surface area (Å²) in [5, 5.41) is 0.0520. The van der Waals surface area contributed by atoms with Crippen LogP contribution in [-0.2, 0) is 4.79 Å². The molecule has 0 bridgehead atoms. The molecule has 0 heterocycles. The van der Waals surface area contributed by atoms with Gasteiger partial charge < -0.3 is 0 Å². The number of thioether (sulfide) groups is 1. The Hall–Kier alpha value is -0.760. The highest BCUT2D eigenvalue weighted by molar-refractivity contribution is 8.00. The fourth-order valence-electron chi connectivity index (χ4n) is 1.29. The lowest BCUT2D eigenvalue weighted by atomic mass is 10.2. The molecule has 0 saturated carbocycles. The highest BCUT2D eigenvalue weighted by atomic mass is 32.2. The number of aryl methyl sites for hydroxylation is 2. The molecule has 0 fully saturated rings. The van der Waals surface area contributed by atoms with Gasteiger partial charge in [-0.05, 0) is 51.0 Å². The first-order chi connectivity index (χ1) is 6.49. The maximum Gasteiger partial charge on any atom is 0.142 e. The van der Waals surface area contributed by atoms with Gasteiger partial charge in [0.25, 0.3) is 0 Å². The van der Waals surface area contributed by atoms with E-state index >= 15 is 0 Å². The van der Waals surface area contributed by atoms with Crippen LogP contribution in [0.1, 0.15) is 25.0 Å². The zero-order chi connectivity index (χ0) is 10.7. The van der Waals surface area contributed by atoms with Crippen LogP contribution in [0.3, 0.4) is 0 Å². The lowest BCUT2D eigenvalue weighted by Crippen LogP contribution is -2.07. The predicted molar refractivity (Wildman–Crippen MR) is 61.9 cm³/mol. The number of ketones is 1. The van der Waals surface area contributed by atoms with E-state index in [9.17, 15) is 4.79 Å². The highest BCUT2D eigenvalue weighted by Gasteiger charge is 2.09. The summed E-state index contributed by atoms with van der Waals surface area (Å²) in [6.45, 7) is 7.75. The van der Waals surface area contributed by atoms with E-state index in [2.05, 4.69) is 32.0 Å². The minimum absolute atomic E-state index is 0.0520. The zero-order valence-corrected chi connectivity index (χ0v) is 9.94. The Morgan fingerprint density at radius 2 is 1.71 bits per heavy atom. The van der Waals surface area contributed by atoms with Crippen molar-refractivity contribution in [1.82, 2.24) is 0 Å². The smallest absolute Gasteiger partial charge is 0.142 e. The van der Waals surface area contributed by atoms with Gasteiger partial charge in [0.2, 0.25) is 0 Å². The highest BCUT2D eigenvalue weighted by Crippen LogP contribution is 2.25. The van der Waals surface area contributed by atoms with Gasteiger partial charge in [0, 0.05) is 4.90 Å². The van der Waals surface area contributed by atoms with Crippen molar-refractivity contribution < 1.29 is 4.79 Å². The summed E-state index contributed by atoms with van der Waals surface area (Å²) in [7, 11) is 0. The number of Topliss-reactive ketones (excluding diaryl/α,β-unsaturated/α-hetero) is 1. The Balaban J connectivity index is 2.81. The van der Waals surface area contributed by atoms with Gasteiger partial charge in [-0.15, -0.1) is 11.8 Å². The molecule has 0 radical (unpaired) electrons. The van der Waals surface area contributed by atoms with Crippen molar-refractivity contribution in [3.63, 3.8) is 0 Å². The van der Waals surface area contributed by atoms with E-state index in [1.54, 1.807) is 18.7 Å². The van der Waals surface area contributed by atoms with E-state index < -0.39 is 0 Å². The molecule has 1 rings (SSSR count). The fourth-order valence-corrected chi connectivity index (χ4v) is 2.37.